The number of nitrogens with one attached hydrogen (secondary N) is 1. The molecule has 3 aromatic rings. The predicted octanol–water partition coefficient (Wildman–Crippen LogP) is 3.01. The van der Waals surface area contributed by atoms with Gasteiger partial charge in [-0.3, -0.25) is 19.8 Å². The summed E-state index contributed by atoms with van der Waals surface area (Å²) in [5, 5.41) is 27.2. The van der Waals surface area contributed by atoms with E-state index in [2.05, 4.69) is 4.99 Å². The van der Waals surface area contributed by atoms with Gasteiger partial charge in [-0.25, -0.2) is 9.79 Å². The largest absolute Gasteiger partial charge is 0.493 e. The lowest BCUT2D eigenvalue weighted by Gasteiger charge is -2.33. The van der Waals surface area contributed by atoms with Crippen molar-refractivity contribution >= 4 is 41.4 Å². The Labute approximate surface area is 280 Å². The van der Waals surface area contributed by atoms with E-state index in [1.807, 2.05) is 0 Å². The number of nitrogens with two attached hydrogens (primary N) is 2. The Bertz CT molecular complexity index is 1820. The van der Waals surface area contributed by atoms with Crippen molar-refractivity contribution in [3.05, 3.63) is 76.9 Å². The molecule has 0 spiro atoms. The second-order valence-corrected chi connectivity index (χ2v) is 11.3. The monoisotopic (exact) mass is 673 g/mol. The van der Waals surface area contributed by atoms with Crippen LogP contribution >= 0.6 is 0 Å². The maximum atomic E-state index is 14.1. The summed E-state index contributed by atoms with van der Waals surface area (Å²) in [4.78, 5) is 55.1. The Hall–Kier alpha value is -6.12. The van der Waals surface area contributed by atoms with Gasteiger partial charge in [-0.05, 0) is 73.2 Å². The molecule has 0 aliphatic carbocycles. The first-order chi connectivity index (χ1) is 23.5. The van der Waals surface area contributed by atoms with Crippen LogP contribution in [0.25, 0.3) is 0 Å². The molecule has 1 amide bonds. The van der Waals surface area contributed by atoms with E-state index in [1.54, 1.807) is 30.3 Å². The Balaban J connectivity index is 1.38. The molecule has 0 fully saturated rings. The van der Waals surface area contributed by atoms with Gasteiger partial charge in [-0.15, -0.1) is 0 Å². The minimum Gasteiger partial charge on any atom is -0.493 e. The molecule has 49 heavy (non-hydrogen) atoms. The molecule has 15 nitrogen and oxygen atoms in total. The van der Waals surface area contributed by atoms with Gasteiger partial charge in [0.1, 0.15) is 24.1 Å². The topological polar surface area (TPSA) is 237 Å². The number of fused-ring (bicyclic) bond motifs is 3. The van der Waals surface area contributed by atoms with Crippen molar-refractivity contribution in [1.82, 2.24) is 4.90 Å². The first-order valence-electron chi connectivity index (χ1n) is 15.5. The third kappa shape index (κ3) is 8.43. The van der Waals surface area contributed by atoms with E-state index in [1.165, 1.54) is 24.3 Å². The number of aliphatic imine (C=N–C) groups is 1. The van der Waals surface area contributed by atoms with Crippen LogP contribution in [-0.2, 0) is 27.2 Å². The smallest absolute Gasteiger partial charge is 0.334 e. The number of amides is 1. The number of ether oxygens (including phenoxy) is 4. The fraction of sp³-hybridized carbons (Fsp3) is 0.294. The normalized spacial score (nSPS) is 15.1. The molecular formula is C34H35N5O10. The first kappa shape index (κ1) is 34.2. The highest BCUT2D eigenvalue weighted by Gasteiger charge is 2.39. The van der Waals surface area contributed by atoms with Crippen LogP contribution in [0.1, 0.15) is 52.7 Å². The van der Waals surface area contributed by atoms with Gasteiger partial charge >= 0.3 is 17.9 Å². The molecule has 2 heterocycles. The Morgan fingerprint density at radius 1 is 0.980 bits per heavy atom. The zero-order valence-corrected chi connectivity index (χ0v) is 26.3. The van der Waals surface area contributed by atoms with Crippen LogP contribution in [0.4, 0.5) is 5.69 Å². The minimum absolute atomic E-state index is 0.00272. The highest BCUT2D eigenvalue weighted by Crippen LogP contribution is 2.36. The highest BCUT2D eigenvalue weighted by molar-refractivity contribution is 6.02. The number of nitrogens with zero attached hydrogens (tertiary/aromatic N) is 2. The molecule has 3 aromatic carbocycles. The van der Waals surface area contributed by atoms with E-state index in [0.717, 1.165) is 10.5 Å². The van der Waals surface area contributed by atoms with Crippen LogP contribution in [0.15, 0.2) is 59.6 Å². The van der Waals surface area contributed by atoms with Crippen LogP contribution in [0.2, 0.25) is 0 Å². The fourth-order valence-corrected chi connectivity index (χ4v) is 5.53. The van der Waals surface area contributed by atoms with Crippen LogP contribution in [0.3, 0.4) is 0 Å². The van der Waals surface area contributed by atoms with E-state index in [4.69, 9.17) is 40.9 Å². The predicted molar refractivity (Wildman–Crippen MR) is 175 cm³/mol. The quantitative estimate of drug-likeness (QED) is 0.0649. The number of hydrogen-bond donors (Lipinski definition) is 5. The van der Waals surface area contributed by atoms with Gasteiger partial charge < -0.3 is 45.5 Å². The molecular weight excluding hydrogens is 638 g/mol. The molecule has 7 N–H and O–H groups in total. The molecule has 0 saturated carbocycles. The molecule has 0 radical (unpaired) electrons. The summed E-state index contributed by atoms with van der Waals surface area (Å²) < 4.78 is 23.2. The zero-order chi connectivity index (χ0) is 35.1. The molecule has 1 atom stereocenters. The van der Waals surface area contributed by atoms with Crippen molar-refractivity contribution in [1.29, 1.82) is 5.41 Å². The SMILES string of the molecule is N=C1Oc2cccc(C(=O)N(CC(=O)O)[C@H]3Cc4ccc(OCCCCC(=O)O)cc4OC3=O)c2OCCCc2cc(N=C(N)N)ccc21. The van der Waals surface area contributed by atoms with Crippen molar-refractivity contribution < 1.29 is 48.3 Å². The molecule has 2 aliphatic heterocycles. The molecule has 256 valence electrons. The summed E-state index contributed by atoms with van der Waals surface area (Å²) in [6.07, 6.45) is 1.92. The molecule has 5 rings (SSSR count). The number of rotatable bonds is 11. The summed E-state index contributed by atoms with van der Waals surface area (Å²) in [6, 6.07) is 13.1. The number of benzene rings is 3. The number of unbranched alkanes of at least 4 members (excludes halogenated alkanes) is 1. The average molecular weight is 674 g/mol. The minimum atomic E-state index is -1.35. The third-order valence-corrected chi connectivity index (χ3v) is 7.78. The summed E-state index contributed by atoms with van der Waals surface area (Å²) in [5.74, 6) is -3.51. The Morgan fingerprint density at radius 2 is 1.80 bits per heavy atom. The van der Waals surface area contributed by atoms with E-state index < -0.39 is 36.4 Å². The maximum Gasteiger partial charge on any atom is 0.334 e. The lowest BCUT2D eigenvalue weighted by Crippen LogP contribution is -2.51. The second-order valence-electron chi connectivity index (χ2n) is 11.3. The van der Waals surface area contributed by atoms with Gasteiger partial charge in [-0.2, -0.15) is 0 Å². The summed E-state index contributed by atoms with van der Waals surface area (Å²) in [7, 11) is 0. The Kier molecular flexibility index (Phi) is 10.6. The zero-order valence-electron chi connectivity index (χ0n) is 26.3. The number of para-hydroxylation sites is 1. The van der Waals surface area contributed by atoms with Crippen molar-refractivity contribution in [3.8, 4) is 23.0 Å². The second kappa shape index (κ2) is 15.2. The number of aliphatic carboxylic acids is 2. The maximum absolute atomic E-state index is 14.1. The highest BCUT2D eigenvalue weighted by atomic mass is 16.5. The Morgan fingerprint density at radius 3 is 2.55 bits per heavy atom. The average Bonchev–Trinajstić information content (AvgIpc) is 3.04. The number of hydrogen-bond acceptors (Lipinski definition) is 10. The number of carbonyl (C=O) groups is 4. The van der Waals surface area contributed by atoms with Crippen molar-refractivity contribution in [2.75, 3.05) is 19.8 Å². The number of carboxylic acids is 2. The number of carboxylic acid groups (broad SMARTS) is 2. The van der Waals surface area contributed by atoms with Crippen LogP contribution < -0.4 is 30.4 Å². The van der Waals surface area contributed by atoms with E-state index >= 15 is 0 Å². The van der Waals surface area contributed by atoms with Crippen LogP contribution in [0.5, 0.6) is 23.0 Å². The number of aryl methyl sites for hydroxylation is 1. The summed E-state index contributed by atoms with van der Waals surface area (Å²) >= 11 is 0. The summed E-state index contributed by atoms with van der Waals surface area (Å²) in [6.45, 7) is -0.401. The molecule has 2 aliphatic rings. The molecule has 15 heteroatoms. The lowest BCUT2D eigenvalue weighted by atomic mass is 9.99. The first-order valence-corrected chi connectivity index (χ1v) is 15.5. The molecule has 0 bridgehead atoms. The number of esters is 1. The van der Waals surface area contributed by atoms with Crippen molar-refractivity contribution in [2.24, 2.45) is 16.5 Å². The van der Waals surface area contributed by atoms with Crippen LogP contribution in [-0.4, -0.2) is 76.6 Å². The van der Waals surface area contributed by atoms with Gasteiger partial charge in [0, 0.05) is 24.5 Å². The third-order valence-electron chi connectivity index (χ3n) is 7.78. The van der Waals surface area contributed by atoms with Gasteiger partial charge in [0.05, 0.1) is 24.5 Å². The standard InChI is InChI=1S/C34H35N5O10/c35-31-23-12-10-21(38-34(36)37)15-19(23)5-4-14-47-30-24(6-3-7-26(30)48-31)32(44)39(18-29(42)43)25-16-20-9-11-22(17-27(20)49-33(25)45)46-13-2-1-8-28(40)41/h3,6-7,9-12,15,17,25,35H,1-2,4-5,8,13-14,16,18H2,(H,40,41)(H,42,43)(H4,36,37,38)/t25-/m0/s1. The fourth-order valence-electron chi connectivity index (χ4n) is 5.53. The van der Waals surface area contributed by atoms with Crippen molar-refractivity contribution in [3.63, 3.8) is 0 Å². The molecule has 0 saturated heterocycles. The van der Waals surface area contributed by atoms with E-state index in [-0.39, 0.29) is 60.7 Å². The van der Waals surface area contributed by atoms with Crippen LogP contribution in [0, 0.1) is 5.41 Å². The van der Waals surface area contributed by atoms with Gasteiger partial charge in [-0.1, -0.05) is 12.1 Å². The number of guanidine groups is 1. The van der Waals surface area contributed by atoms with Gasteiger partial charge in [0.25, 0.3) is 5.91 Å². The van der Waals surface area contributed by atoms with Crippen molar-refractivity contribution in [2.45, 2.75) is 44.6 Å². The van der Waals surface area contributed by atoms with E-state index in [0.29, 0.717) is 48.2 Å². The molecule has 0 unspecified atom stereocenters. The number of carbonyl (C=O) groups excluding carboxylic acids is 2. The summed E-state index contributed by atoms with van der Waals surface area (Å²) in [5.41, 5.74) is 13.3. The van der Waals surface area contributed by atoms with Gasteiger partial charge in [0.2, 0.25) is 5.90 Å². The lowest BCUT2D eigenvalue weighted by molar-refractivity contribution is -0.144. The molecule has 0 aromatic heterocycles. The van der Waals surface area contributed by atoms with E-state index in [9.17, 15) is 24.3 Å². The van der Waals surface area contributed by atoms with Gasteiger partial charge in [0.15, 0.2) is 17.5 Å².